The van der Waals surface area contributed by atoms with E-state index >= 15 is 0 Å². The quantitative estimate of drug-likeness (QED) is 0.890. The van der Waals surface area contributed by atoms with Crippen LogP contribution in [-0.2, 0) is 0 Å². The molecule has 0 aromatic carbocycles. The lowest BCUT2D eigenvalue weighted by atomic mass is 10.0. The van der Waals surface area contributed by atoms with Crippen molar-refractivity contribution in [3.05, 3.63) is 29.8 Å². The summed E-state index contributed by atoms with van der Waals surface area (Å²) in [5.74, 6) is -0.276. The van der Waals surface area contributed by atoms with Crippen LogP contribution in [0, 0.1) is 5.82 Å². The van der Waals surface area contributed by atoms with Crippen molar-refractivity contribution in [2.45, 2.75) is 38.8 Å². The lowest BCUT2D eigenvalue weighted by Gasteiger charge is -2.33. The van der Waals surface area contributed by atoms with Gasteiger partial charge in [-0.15, -0.1) is 0 Å². The predicted octanol–water partition coefficient (Wildman–Crippen LogP) is 2.36. The topological polar surface area (TPSA) is 28.2 Å². The van der Waals surface area contributed by atoms with E-state index in [4.69, 9.17) is 0 Å². The van der Waals surface area contributed by atoms with E-state index in [0.717, 1.165) is 25.3 Å². The molecule has 0 spiro atoms. The fourth-order valence-electron chi connectivity index (χ4n) is 2.50. The van der Waals surface area contributed by atoms with Crippen molar-refractivity contribution in [3.8, 4) is 0 Å². The first-order valence-electron chi connectivity index (χ1n) is 6.79. The van der Waals surface area contributed by atoms with Gasteiger partial charge in [0.1, 0.15) is 5.82 Å². The van der Waals surface area contributed by atoms with Gasteiger partial charge >= 0.3 is 0 Å². The molecule has 0 aliphatic carbocycles. The second-order valence-electron chi connectivity index (χ2n) is 5.00. The van der Waals surface area contributed by atoms with Gasteiger partial charge in [-0.25, -0.2) is 4.39 Å². The number of rotatable bonds is 4. The van der Waals surface area contributed by atoms with E-state index in [-0.39, 0.29) is 11.9 Å². The lowest BCUT2D eigenvalue weighted by molar-refractivity contribution is 0.200. The number of nitrogens with one attached hydrogen (secondary N) is 1. The molecule has 0 amide bonds. The van der Waals surface area contributed by atoms with E-state index in [1.807, 2.05) is 0 Å². The standard InChI is InChI=1S/C14H22FN3/c1-3-18-8-6-13(7-9-18)17-11(2)14-5-4-12(15)10-16-14/h4-5,10-11,13,17H,3,6-9H2,1-2H3. The summed E-state index contributed by atoms with van der Waals surface area (Å²) >= 11 is 0. The highest BCUT2D eigenvalue weighted by Gasteiger charge is 2.20. The maximum Gasteiger partial charge on any atom is 0.141 e. The molecule has 0 radical (unpaired) electrons. The maximum absolute atomic E-state index is 12.8. The van der Waals surface area contributed by atoms with Crippen LogP contribution in [0.3, 0.4) is 0 Å². The van der Waals surface area contributed by atoms with Crippen molar-refractivity contribution in [1.82, 2.24) is 15.2 Å². The van der Waals surface area contributed by atoms with E-state index in [0.29, 0.717) is 6.04 Å². The third-order valence-corrected chi connectivity index (χ3v) is 3.71. The van der Waals surface area contributed by atoms with Crippen LogP contribution in [-0.4, -0.2) is 35.6 Å². The van der Waals surface area contributed by atoms with Crippen LogP contribution in [0.2, 0.25) is 0 Å². The van der Waals surface area contributed by atoms with Gasteiger partial charge in [-0.1, -0.05) is 6.92 Å². The van der Waals surface area contributed by atoms with Crippen LogP contribution in [0.1, 0.15) is 38.4 Å². The molecule has 0 bridgehead atoms. The lowest BCUT2D eigenvalue weighted by Crippen LogP contribution is -2.43. The average molecular weight is 251 g/mol. The molecule has 100 valence electrons. The van der Waals surface area contributed by atoms with E-state index < -0.39 is 0 Å². The number of aromatic nitrogens is 1. The third-order valence-electron chi connectivity index (χ3n) is 3.71. The minimum absolute atomic E-state index is 0.184. The van der Waals surface area contributed by atoms with Crippen molar-refractivity contribution in [2.24, 2.45) is 0 Å². The Morgan fingerprint density at radius 1 is 1.44 bits per heavy atom. The molecule has 2 heterocycles. The Labute approximate surface area is 108 Å². The number of nitrogens with zero attached hydrogens (tertiary/aromatic N) is 2. The summed E-state index contributed by atoms with van der Waals surface area (Å²) in [6, 6.07) is 3.97. The molecule has 1 N–H and O–H groups in total. The van der Waals surface area contributed by atoms with Gasteiger partial charge in [0.05, 0.1) is 11.9 Å². The van der Waals surface area contributed by atoms with Crippen LogP contribution in [0.5, 0.6) is 0 Å². The molecule has 1 aromatic heterocycles. The smallest absolute Gasteiger partial charge is 0.141 e. The van der Waals surface area contributed by atoms with Crippen molar-refractivity contribution in [1.29, 1.82) is 0 Å². The molecule has 3 nitrogen and oxygen atoms in total. The van der Waals surface area contributed by atoms with E-state index in [9.17, 15) is 4.39 Å². The number of piperidine rings is 1. The van der Waals surface area contributed by atoms with Gasteiger partial charge in [0.2, 0.25) is 0 Å². The molecule has 18 heavy (non-hydrogen) atoms. The van der Waals surface area contributed by atoms with E-state index in [1.54, 1.807) is 6.07 Å². The predicted molar refractivity (Wildman–Crippen MR) is 70.9 cm³/mol. The number of pyridine rings is 1. The molecule has 1 unspecified atom stereocenters. The monoisotopic (exact) mass is 251 g/mol. The Hall–Kier alpha value is -1.00. The highest BCUT2D eigenvalue weighted by molar-refractivity contribution is 5.09. The molecule has 2 rings (SSSR count). The first kappa shape index (κ1) is 13.4. The fraction of sp³-hybridized carbons (Fsp3) is 0.643. The minimum atomic E-state index is -0.276. The Bertz CT molecular complexity index is 358. The Kier molecular flexibility index (Phi) is 4.66. The van der Waals surface area contributed by atoms with Crippen LogP contribution in [0.25, 0.3) is 0 Å². The third kappa shape index (κ3) is 3.50. The molecular formula is C14H22FN3. The summed E-state index contributed by atoms with van der Waals surface area (Å²) in [7, 11) is 0. The fourth-order valence-corrected chi connectivity index (χ4v) is 2.50. The zero-order chi connectivity index (χ0) is 13.0. The summed E-state index contributed by atoms with van der Waals surface area (Å²) in [4.78, 5) is 6.60. The van der Waals surface area contributed by atoms with Gasteiger partial charge in [0.25, 0.3) is 0 Å². The molecule has 1 fully saturated rings. The van der Waals surface area contributed by atoms with Gasteiger partial charge < -0.3 is 10.2 Å². The summed E-state index contributed by atoms with van der Waals surface area (Å²) in [5, 5.41) is 3.59. The molecule has 1 aliphatic heterocycles. The van der Waals surface area contributed by atoms with E-state index in [2.05, 4.69) is 29.0 Å². The van der Waals surface area contributed by atoms with Crippen LogP contribution >= 0.6 is 0 Å². The molecule has 1 atom stereocenters. The average Bonchev–Trinajstić information content (AvgIpc) is 2.40. The summed E-state index contributed by atoms with van der Waals surface area (Å²) in [6.45, 7) is 7.77. The summed E-state index contributed by atoms with van der Waals surface area (Å²) < 4.78 is 12.8. The zero-order valence-corrected chi connectivity index (χ0v) is 11.2. The van der Waals surface area contributed by atoms with Crippen LogP contribution in [0.4, 0.5) is 4.39 Å². The molecule has 0 saturated carbocycles. The van der Waals surface area contributed by atoms with Crippen molar-refractivity contribution < 1.29 is 4.39 Å². The second-order valence-corrected chi connectivity index (χ2v) is 5.00. The Morgan fingerprint density at radius 3 is 2.72 bits per heavy atom. The van der Waals surface area contributed by atoms with Crippen LogP contribution < -0.4 is 5.32 Å². The van der Waals surface area contributed by atoms with Crippen molar-refractivity contribution in [2.75, 3.05) is 19.6 Å². The van der Waals surface area contributed by atoms with Gasteiger partial charge in [0.15, 0.2) is 0 Å². The van der Waals surface area contributed by atoms with Crippen molar-refractivity contribution >= 4 is 0 Å². The van der Waals surface area contributed by atoms with E-state index in [1.165, 1.54) is 25.1 Å². The first-order valence-corrected chi connectivity index (χ1v) is 6.79. The second kappa shape index (κ2) is 6.25. The first-order chi connectivity index (χ1) is 8.69. The van der Waals surface area contributed by atoms with Gasteiger partial charge in [-0.3, -0.25) is 4.98 Å². The molecule has 1 aromatic rings. The maximum atomic E-state index is 12.8. The highest BCUT2D eigenvalue weighted by Crippen LogP contribution is 2.16. The molecule has 1 aliphatic rings. The van der Waals surface area contributed by atoms with Crippen molar-refractivity contribution in [3.63, 3.8) is 0 Å². The minimum Gasteiger partial charge on any atom is -0.306 e. The van der Waals surface area contributed by atoms with Gasteiger partial charge in [-0.05, 0) is 51.5 Å². The van der Waals surface area contributed by atoms with Gasteiger partial charge in [0, 0.05) is 12.1 Å². The zero-order valence-electron chi connectivity index (χ0n) is 11.2. The van der Waals surface area contributed by atoms with Crippen LogP contribution in [0.15, 0.2) is 18.3 Å². The number of likely N-dealkylation sites (tertiary alicyclic amines) is 1. The number of hydrogen-bond acceptors (Lipinski definition) is 3. The summed E-state index contributed by atoms with van der Waals surface area (Å²) in [6.07, 6.45) is 3.64. The largest absolute Gasteiger partial charge is 0.306 e. The highest BCUT2D eigenvalue weighted by atomic mass is 19.1. The molecule has 4 heteroatoms. The summed E-state index contributed by atoms with van der Waals surface area (Å²) in [5.41, 5.74) is 0.911. The van der Waals surface area contributed by atoms with Gasteiger partial charge in [-0.2, -0.15) is 0 Å². The number of halogens is 1. The Balaban J connectivity index is 1.84. The SMILES string of the molecule is CCN1CCC(NC(C)c2ccc(F)cn2)CC1. The molecular weight excluding hydrogens is 229 g/mol. The Morgan fingerprint density at radius 2 is 2.17 bits per heavy atom. The number of hydrogen-bond donors (Lipinski definition) is 1. The normalized spacial score (nSPS) is 19.9. The molecule has 1 saturated heterocycles.